The van der Waals surface area contributed by atoms with Gasteiger partial charge >= 0.3 is 0 Å². The Morgan fingerprint density at radius 1 is 1.13 bits per heavy atom. The molecule has 0 bridgehead atoms. The molecule has 2 fully saturated rings. The van der Waals surface area contributed by atoms with Crippen LogP contribution < -0.4 is 15.4 Å². The Morgan fingerprint density at radius 2 is 1.87 bits per heavy atom. The summed E-state index contributed by atoms with van der Waals surface area (Å²) in [6.07, 6.45) is 5.34. The first-order valence-corrected chi connectivity index (χ1v) is 8.21. The molecule has 23 heavy (non-hydrogen) atoms. The second-order valence-electron chi connectivity index (χ2n) is 6.17. The van der Waals surface area contributed by atoms with Crippen molar-refractivity contribution in [3.05, 3.63) is 24.3 Å². The van der Waals surface area contributed by atoms with Crippen LogP contribution in [0.15, 0.2) is 24.3 Å². The van der Waals surface area contributed by atoms with E-state index in [1.807, 2.05) is 24.3 Å². The van der Waals surface area contributed by atoms with Crippen LogP contribution in [0.5, 0.6) is 5.75 Å². The summed E-state index contributed by atoms with van der Waals surface area (Å²) in [5.74, 6) is 0.761. The molecule has 128 valence electrons. The fourth-order valence-electron chi connectivity index (χ4n) is 3.14. The van der Waals surface area contributed by atoms with Crippen molar-refractivity contribution < 1.29 is 14.6 Å². The lowest BCUT2D eigenvalue weighted by Gasteiger charge is -2.28. The number of ether oxygens (including phenoxy) is 1. The molecular formula is C17H25ClN2O3. The Balaban J connectivity index is 0.00000192. The number of anilines is 1. The van der Waals surface area contributed by atoms with Crippen molar-refractivity contribution in [2.75, 3.05) is 11.9 Å². The Morgan fingerprint density at radius 3 is 2.52 bits per heavy atom. The maximum absolute atomic E-state index is 12.0. The van der Waals surface area contributed by atoms with Crippen molar-refractivity contribution in [2.24, 2.45) is 0 Å². The fraction of sp³-hybridized carbons (Fsp3) is 0.588. The third-order valence-corrected chi connectivity index (χ3v) is 4.45. The highest BCUT2D eigenvalue weighted by Gasteiger charge is 2.25. The summed E-state index contributed by atoms with van der Waals surface area (Å²) in [6.45, 7) is 0.911. The number of hydrogen-bond acceptors (Lipinski definition) is 4. The van der Waals surface area contributed by atoms with Gasteiger partial charge in [0, 0.05) is 5.69 Å². The zero-order chi connectivity index (χ0) is 15.4. The van der Waals surface area contributed by atoms with Gasteiger partial charge < -0.3 is 20.5 Å². The number of amides is 1. The molecule has 1 aromatic carbocycles. The van der Waals surface area contributed by atoms with Gasteiger partial charge in [-0.25, -0.2) is 0 Å². The second kappa shape index (κ2) is 8.52. The number of halogens is 1. The minimum atomic E-state index is -0.374. The lowest BCUT2D eigenvalue weighted by Crippen LogP contribution is -2.35. The molecule has 6 heteroatoms. The number of carbonyl (C=O) groups is 1. The average molecular weight is 341 g/mol. The molecule has 1 amide bonds. The molecule has 0 radical (unpaired) electrons. The van der Waals surface area contributed by atoms with Gasteiger partial charge in [-0.2, -0.15) is 0 Å². The molecule has 2 aliphatic rings. The zero-order valence-corrected chi connectivity index (χ0v) is 14.0. The van der Waals surface area contributed by atoms with E-state index in [1.54, 1.807) is 0 Å². The summed E-state index contributed by atoms with van der Waals surface area (Å²) in [6, 6.07) is 7.31. The quantitative estimate of drug-likeness (QED) is 0.787. The number of carbonyl (C=O) groups excluding carboxylic acids is 1. The van der Waals surface area contributed by atoms with Gasteiger partial charge in [0.25, 0.3) is 0 Å². The van der Waals surface area contributed by atoms with Crippen molar-refractivity contribution in [2.45, 2.75) is 56.8 Å². The van der Waals surface area contributed by atoms with Crippen molar-refractivity contribution in [3.8, 4) is 5.75 Å². The van der Waals surface area contributed by atoms with Crippen LogP contribution >= 0.6 is 12.4 Å². The smallest absolute Gasteiger partial charge is 0.241 e. The number of hydrogen-bond donors (Lipinski definition) is 3. The molecule has 0 spiro atoms. The topological polar surface area (TPSA) is 70.6 Å². The van der Waals surface area contributed by atoms with E-state index in [2.05, 4.69) is 10.6 Å². The summed E-state index contributed by atoms with van der Waals surface area (Å²) in [7, 11) is 0. The first kappa shape index (κ1) is 18.0. The van der Waals surface area contributed by atoms with E-state index in [1.165, 1.54) is 0 Å². The van der Waals surface area contributed by atoms with E-state index in [-0.39, 0.29) is 36.6 Å². The van der Waals surface area contributed by atoms with Crippen molar-refractivity contribution in [1.29, 1.82) is 0 Å². The van der Waals surface area contributed by atoms with Gasteiger partial charge in [-0.3, -0.25) is 4.79 Å². The van der Waals surface area contributed by atoms with E-state index in [4.69, 9.17) is 4.74 Å². The summed E-state index contributed by atoms with van der Waals surface area (Å²) in [5.41, 5.74) is 0.773. The fourth-order valence-corrected chi connectivity index (χ4v) is 3.14. The number of nitrogens with one attached hydrogen (secondary N) is 2. The Hall–Kier alpha value is -1.30. The maximum Gasteiger partial charge on any atom is 0.241 e. The standard InChI is InChI=1S/C17H24N2O3.ClH/c20-15-5-1-2-6-16(15)22-13-9-7-12(8-10-13)19-17(21)14-4-3-11-18-14;/h7-10,14-16,18,20H,1-6,11H2,(H,19,21);1H. The van der Waals surface area contributed by atoms with Crippen LogP contribution in [0.3, 0.4) is 0 Å². The molecule has 1 aliphatic carbocycles. The minimum Gasteiger partial charge on any atom is -0.488 e. The Labute approximate surface area is 143 Å². The van der Waals surface area contributed by atoms with Crippen LogP contribution in [0.1, 0.15) is 38.5 Å². The van der Waals surface area contributed by atoms with E-state index in [9.17, 15) is 9.90 Å². The van der Waals surface area contributed by atoms with Crippen LogP contribution in [-0.2, 0) is 4.79 Å². The molecule has 1 heterocycles. The summed E-state index contributed by atoms with van der Waals surface area (Å²) >= 11 is 0. The van der Waals surface area contributed by atoms with Gasteiger partial charge in [0.15, 0.2) is 0 Å². The highest BCUT2D eigenvalue weighted by Crippen LogP contribution is 2.25. The molecule has 3 unspecified atom stereocenters. The highest BCUT2D eigenvalue weighted by atomic mass is 35.5. The summed E-state index contributed by atoms with van der Waals surface area (Å²) in [5, 5.41) is 16.0. The van der Waals surface area contributed by atoms with E-state index >= 15 is 0 Å². The third-order valence-electron chi connectivity index (χ3n) is 4.45. The van der Waals surface area contributed by atoms with Gasteiger partial charge in [0.2, 0.25) is 5.91 Å². The summed E-state index contributed by atoms with van der Waals surface area (Å²) in [4.78, 5) is 12.0. The van der Waals surface area contributed by atoms with Crippen LogP contribution in [0.25, 0.3) is 0 Å². The monoisotopic (exact) mass is 340 g/mol. The zero-order valence-electron chi connectivity index (χ0n) is 13.2. The molecular weight excluding hydrogens is 316 g/mol. The number of benzene rings is 1. The summed E-state index contributed by atoms with van der Waals surface area (Å²) < 4.78 is 5.85. The predicted molar refractivity (Wildman–Crippen MR) is 92.2 cm³/mol. The van der Waals surface area contributed by atoms with Gasteiger partial charge in [-0.1, -0.05) is 6.42 Å². The molecule has 1 saturated heterocycles. The average Bonchev–Trinajstić information content (AvgIpc) is 3.06. The molecule has 3 atom stereocenters. The molecule has 1 saturated carbocycles. The van der Waals surface area contributed by atoms with Crippen LogP contribution in [0.4, 0.5) is 5.69 Å². The van der Waals surface area contributed by atoms with E-state index in [0.29, 0.717) is 0 Å². The van der Waals surface area contributed by atoms with E-state index < -0.39 is 0 Å². The largest absolute Gasteiger partial charge is 0.488 e. The minimum absolute atomic E-state index is 0. The number of aliphatic hydroxyl groups excluding tert-OH is 1. The van der Waals surface area contributed by atoms with Crippen molar-refractivity contribution in [1.82, 2.24) is 5.32 Å². The lowest BCUT2D eigenvalue weighted by molar-refractivity contribution is -0.117. The lowest BCUT2D eigenvalue weighted by atomic mass is 9.95. The molecule has 1 aromatic rings. The first-order valence-electron chi connectivity index (χ1n) is 8.21. The first-order chi connectivity index (χ1) is 10.7. The maximum atomic E-state index is 12.0. The van der Waals surface area contributed by atoms with Gasteiger partial charge in [0.05, 0.1) is 12.1 Å². The Bertz CT molecular complexity index is 503. The molecule has 3 N–H and O–H groups in total. The molecule has 5 nitrogen and oxygen atoms in total. The van der Waals surface area contributed by atoms with Crippen LogP contribution in [-0.4, -0.2) is 35.8 Å². The number of aliphatic hydroxyl groups is 1. The predicted octanol–water partition coefficient (Wildman–Crippen LogP) is 2.48. The molecule has 1 aliphatic heterocycles. The third kappa shape index (κ3) is 4.83. The van der Waals surface area contributed by atoms with Gasteiger partial charge in [-0.05, 0) is 62.9 Å². The Kier molecular flexibility index (Phi) is 6.69. The van der Waals surface area contributed by atoms with E-state index in [0.717, 1.165) is 56.5 Å². The normalized spacial score (nSPS) is 27.1. The molecule has 3 rings (SSSR count). The highest BCUT2D eigenvalue weighted by molar-refractivity contribution is 5.95. The van der Waals surface area contributed by atoms with Gasteiger partial charge in [-0.15, -0.1) is 12.4 Å². The SMILES string of the molecule is Cl.O=C(Nc1ccc(OC2CCCCC2O)cc1)C1CCCN1. The van der Waals surface area contributed by atoms with Gasteiger partial charge in [0.1, 0.15) is 11.9 Å². The van der Waals surface area contributed by atoms with Crippen molar-refractivity contribution >= 4 is 24.0 Å². The van der Waals surface area contributed by atoms with Crippen LogP contribution in [0, 0.1) is 0 Å². The second-order valence-corrected chi connectivity index (χ2v) is 6.17. The number of rotatable bonds is 4. The van der Waals surface area contributed by atoms with Crippen LogP contribution in [0.2, 0.25) is 0 Å². The molecule has 0 aromatic heterocycles. The van der Waals surface area contributed by atoms with Crippen molar-refractivity contribution in [3.63, 3.8) is 0 Å².